The summed E-state index contributed by atoms with van der Waals surface area (Å²) in [6.45, 7) is 0. The van der Waals surface area contributed by atoms with Crippen molar-refractivity contribution in [1.82, 2.24) is 14.8 Å². The maximum absolute atomic E-state index is 14.0. The van der Waals surface area contributed by atoms with Crippen molar-refractivity contribution in [3.8, 4) is 5.75 Å². The number of hydrogen-bond acceptors (Lipinski definition) is 5. The summed E-state index contributed by atoms with van der Waals surface area (Å²) in [5, 5.41) is 10.6. The van der Waals surface area contributed by atoms with E-state index in [9.17, 15) is 4.39 Å². The molecule has 2 aromatic heterocycles. The van der Waals surface area contributed by atoms with Crippen molar-refractivity contribution in [2.24, 2.45) is 0 Å². The highest BCUT2D eigenvalue weighted by Gasteiger charge is 2.41. The smallest absolute Gasteiger partial charge is 0.226 e. The van der Waals surface area contributed by atoms with Crippen LogP contribution in [-0.2, 0) is 0 Å². The van der Waals surface area contributed by atoms with Crippen molar-refractivity contribution < 1.29 is 9.13 Å². The Morgan fingerprint density at radius 2 is 2.10 bits per heavy atom. The molecule has 9 heteroatoms. The van der Waals surface area contributed by atoms with E-state index < -0.39 is 6.10 Å². The molecule has 0 saturated heterocycles. The standard InChI is InChI=1S/C22H13BrClFN4OS/c23-14-8-11(3-5-15(14)25)21-18-19(13-9-12(24)4-6-16(13)30-21)28-22-26-10-27-29(22)20(18)17-2-1-7-31-17/h1-10,20-21H,(H,26,27,28)/t20-,21-/m1/s1. The molecule has 5 nitrogen and oxygen atoms in total. The lowest BCUT2D eigenvalue weighted by molar-refractivity contribution is 0.223. The van der Waals surface area contributed by atoms with Gasteiger partial charge in [0.05, 0.1) is 10.2 Å². The molecule has 0 saturated carbocycles. The number of halogens is 3. The quantitative estimate of drug-likeness (QED) is 0.333. The summed E-state index contributed by atoms with van der Waals surface area (Å²) in [7, 11) is 0. The lowest BCUT2D eigenvalue weighted by Gasteiger charge is -2.38. The van der Waals surface area contributed by atoms with Crippen molar-refractivity contribution in [1.29, 1.82) is 0 Å². The van der Waals surface area contributed by atoms with Crippen LogP contribution in [-0.4, -0.2) is 14.8 Å². The van der Waals surface area contributed by atoms with Crippen LogP contribution in [0.5, 0.6) is 5.75 Å². The van der Waals surface area contributed by atoms with Crippen LogP contribution in [0.4, 0.5) is 10.3 Å². The van der Waals surface area contributed by atoms with Gasteiger partial charge < -0.3 is 10.1 Å². The molecule has 2 aromatic carbocycles. The summed E-state index contributed by atoms with van der Waals surface area (Å²) in [4.78, 5) is 5.51. The third-order valence-electron chi connectivity index (χ3n) is 5.44. The molecule has 4 heterocycles. The van der Waals surface area contributed by atoms with Gasteiger partial charge in [-0.1, -0.05) is 23.7 Å². The fourth-order valence-corrected chi connectivity index (χ4v) is 5.51. The van der Waals surface area contributed by atoms with E-state index in [2.05, 4.69) is 37.4 Å². The Kier molecular flexibility index (Phi) is 4.41. The van der Waals surface area contributed by atoms with Gasteiger partial charge in [-0.15, -0.1) is 11.3 Å². The number of fused-ring (bicyclic) bond motifs is 3. The predicted octanol–water partition coefficient (Wildman–Crippen LogP) is 6.45. The number of ether oxygens (including phenoxy) is 1. The first-order valence-electron chi connectivity index (χ1n) is 9.45. The molecule has 0 bridgehead atoms. The van der Waals surface area contributed by atoms with E-state index in [1.165, 1.54) is 12.4 Å². The van der Waals surface area contributed by atoms with Crippen LogP contribution in [0.2, 0.25) is 5.02 Å². The minimum Gasteiger partial charge on any atom is -0.480 e. The summed E-state index contributed by atoms with van der Waals surface area (Å²) >= 11 is 11.3. The third kappa shape index (κ3) is 3.01. The van der Waals surface area contributed by atoms with Crippen molar-refractivity contribution in [3.05, 3.63) is 97.1 Å². The second-order valence-electron chi connectivity index (χ2n) is 7.21. The van der Waals surface area contributed by atoms with Gasteiger partial charge in [0.15, 0.2) is 0 Å². The fourth-order valence-electron chi connectivity index (χ4n) is 4.11. The van der Waals surface area contributed by atoms with E-state index in [-0.39, 0.29) is 11.9 Å². The maximum atomic E-state index is 14.0. The predicted molar refractivity (Wildman–Crippen MR) is 122 cm³/mol. The summed E-state index contributed by atoms with van der Waals surface area (Å²) < 4.78 is 22.7. The first kappa shape index (κ1) is 19.0. The number of rotatable bonds is 2. The van der Waals surface area contributed by atoms with Gasteiger partial charge in [0.2, 0.25) is 5.95 Å². The third-order valence-corrected chi connectivity index (χ3v) is 7.20. The Morgan fingerprint density at radius 3 is 2.90 bits per heavy atom. The zero-order chi connectivity index (χ0) is 21.1. The van der Waals surface area contributed by atoms with E-state index in [4.69, 9.17) is 16.3 Å². The lowest BCUT2D eigenvalue weighted by Crippen LogP contribution is -2.32. The van der Waals surface area contributed by atoms with Gasteiger partial charge in [-0.2, -0.15) is 10.1 Å². The summed E-state index contributed by atoms with van der Waals surface area (Å²) in [5.41, 5.74) is 3.53. The number of aromatic nitrogens is 3. The molecule has 154 valence electrons. The summed E-state index contributed by atoms with van der Waals surface area (Å²) in [5.74, 6) is 1.01. The van der Waals surface area contributed by atoms with Gasteiger partial charge in [0.25, 0.3) is 0 Å². The zero-order valence-electron chi connectivity index (χ0n) is 15.7. The molecule has 1 N–H and O–H groups in total. The van der Waals surface area contributed by atoms with Gasteiger partial charge in [0, 0.05) is 21.0 Å². The zero-order valence-corrected chi connectivity index (χ0v) is 18.9. The van der Waals surface area contributed by atoms with Crippen LogP contribution < -0.4 is 10.1 Å². The van der Waals surface area contributed by atoms with Crippen molar-refractivity contribution >= 4 is 50.5 Å². The largest absolute Gasteiger partial charge is 0.480 e. The molecule has 0 fully saturated rings. The van der Waals surface area contributed by atoms with Crippen molar-refractivity contribution in [2.75, 3.05) is 5.32 Å². The summed E-state index contributed by atoms with van der Waals surface area (Å²) in [6, 6.07) is 14.3. The normalized spacial score (nSPS) is 19.2. The number of nitrogens with zero attached hydrogens (tertiary/aromatic N) is 3. The highest BCUT2D eigenvalue weighted by Crippen LogP contribution is 2.51. The molecule has 0 radical (unpaired) electrons. The first-order chi connectivity index (χ1) is 15.1. The number of benzene rings is 2. The molecule has 6 rings (SSSR count). The van der Waals surface area contributed by atoms with Gasteiger partial charge in [-0.05, 0) is 63.3 Å². The molecule has 4 aromatic rings. The lowest BCUT2D eigenvalue weighted by atomic mass is 9.87. The Labute approximate surface area is 194 Å². The molecule has 2 aliphatic rings. The highest BCUT2D eigenvalue weighted by molar-refractivity contribution is 9.10. The fraction of sp³-hybridized carbons (Fsp3) is 0.0909. The van der Waals surface area contributed by atoms with E-state index in [0.29, 0.717) is 21.2 Å². The van der Waals surface area contributed by atoms with Crippen LogP contribution in [0, 0.1) is 5.82 Å². The van der Waals surface area contributed by atoms with Crippen LogP contribution >= 0.6 is 38.9 Å². The average Bonchev–Trinajstić information content (AvgIpc) is 3.46. The first-order valence-corrected chi connectivity index (χ1v) is 11.5. The molecule has 0 amide bonds. The van der Waals surface area contributed by atoms with Crippen molar-refractivity contribution in [2.45, 2.75) is 12.1 Å². The molecule has 2 aliphatic heterocycles. The van der Waals surface area contributed by atoms with E-state index in [1.54, 1.807) is 29.5 Å². The van der Waals surface area contributed by atoms with Gasteiger partial charge in [-0.3, -0.25) is 0 Å². The molecule has 0 spiro atoms. The van der Waals surface area contributed by atoms with Gasteiger partial charge in [-0.25, -0.2) is 9.07 Å². The second-order valence-corrected chi connectivity index (χ2v) is 9.48. The SMILES string of the molecule is Fc1ccc([C@H]2Oc3ccc(Cl)cc3C3=C2[C@@H](c2cccs2)n2ncnc2N3)cc1Br. The van der Waals surface area contributed by atoms with Crippen LogP contribution in [0.1, 0.15) is 28.1 Å². The Hall–Kier alpha value is -2.68. The molecule has 0 unspecified atom stereocenters. The minimum absolute atomic E-state index is 0.227. The Morgan fingerprint density at radius 1 is 1.19 bits per heavy atom. The number of thiophene rings is 1. The molecule has 2 atom stereocenters. The van der Waals surface area contributed by atoms with Gasteiger partial charge >= 0.3 is 0 Å². The van der Waals surface area contributed by atoms with E-state index in [1.807, 2.05) is 28.3 Å². The Balaban J connectivity index is 1.64. The number of anilines is 1. The molecule has 31 heavy (non-hydrogen) atoms. The molecular formula is C22H13BrClFN4OS. The topological polar surface area (TPSA) is 52.0 Å². The van der Waals surface area contributed by atoms with Crippen LogP contribution in [0.3, 0.4) is 0 Å². The summed E-state index contributed by atoms with van der Waals surface area (Å²) in [6.07, 6.45) is 1.07. The van der Waals surface area contributed by atoms with Crippen LogP contribution in [0.15, 0.2) is 70.3 Å². The number of hydrogen-bond donors (Lipinski definition) is 1. The van der Waals surface area contributed by atoms with Gasteiger partial charge in [0.1, 0.15) is 30.0 Å². The Bertz CT molecular complexity index is 1350. The molecule has 0 aliphatic carbocycles. The second kappa shape index (κ2) is 7.19. The van der Waals surface area contributed by atoms with Crippen molar-refractivity contribution in [3.63, 3.8) is 0 Å². The molecular weight excluding hydrogens is 503 g/mol. The maximum Gasteiger partial charge on any atom is 0.226 e. The monoisotopic (exact) mass is 514 g/mol. The number of nitrogens with one attached hydrogen (secondary N) is 1. The van der Waals surface area contributed by atoms with Crippen LogP contribution in [0.25, 0.3) is 5.70 Å². The average molecular weight is 516 g/mol. The highest BCUT2D eigenvalue weighted by atomic mass is 79.9. The van der Waals surface area contributed by atoms with E-state index in [0.717, 1.165) is 27.3 Å². The van der Waals surface area contributed by atoms with E-state index >= 15 is 0 Å². The minimum atomic E-state index is -0.461.